The fourth-order valence-electron chi connectivity index (χ4n) is 3.15. The van der Waals surface area contributed by atoms with Gasteiger partial charge in [0.05, 0.1) is 39.0 Å². The van der Waals surface area contributed by atoms with Crippen molar-refractivity contribution in [2.45, 2.75) is 32.5 Å². The van der Waals surface area contributed by atoms with Crippen molar-refractivity contribution >= 4 is 5.97 Å². The Balaban J connectivity index is 1.72. The molecule has 140 valence electrons. The molecule has 2 atom stereocenters. The molecule has 6 nitrogen and oxygen atoms in total. The highest BCUT2D eigenvalue weighted by Gasteiger charge is 2.27. The second-order valence-corrected chi connectivity index (χ2v) is 6.33. The number of ether oxygens (including phenoxy) is 3. The third-order valence-corrected chi connectivity index (χ3v) is 4.35. The summed E-state index contributed by atoms with van der Waals surface area (Å²) >= 11 is 0. The number of nitrogens with zero attached hydrogens (tertiary/aromatic N) is 1. The minimum atomic E-state index is -0.587. The Bertz CT molecular complexity index is 536. The summed E-state index contributed by atoms with van der Waals surface area (Å²) in [5, 5.41) is 10.2. The normalized spacial score (nSPS) is 19.4. The van der Waals surface area contributed by atoms with Crippen LogP contribution in [0.1, 0.15) is 25.3 Å². The Morgan fingerprint density at radius 2 is 2.20 bits per heavy atom. The van der Waals surface area contributed by atoms with Gasteiger partial charge in [-0.25, -0.2) is 0 Å². The van der Waals surface area contributed by atoms with E-state index in [0.29, 0.717) is 26.3 Å². The van der Waals surface area contributed by atoms with Gasteiger partial charge in [-0.1, -0.05) is 18.2 Å². The minimum Gasteiger partial charge on any atom is -0.496 e. The standard InChI is InChI=1S/C19H29NO5/c1-3-25-19(22)15-8-6-10-20(11-15)12-17(21)14-24-13-16-7-4-5-9-18(16)23-2/h4-5,7,9,15,17,21H,3,6,8,10-14H2,1-2H3/t15-,17-/m0/s1. The van der Waals surface area contributed by atoms with Crippen molar-refractivity contribution in [1.82, 2.24) is 4.90 Å². The number of hydrogen-bond acceptors (Lipinski definition) is 6. The molecule has 0 bridgehead atoms. The van der Waals surface area contributed by atoms with E-state index < -0.39 is 6.10 Å². The number of carbonyl (C=O) groups excluding carboxylic acids is 1. The molecular formula is C19H29NO5. The van der Waals surface area contributed by atoms with E-state index in [1.165, 1.54) is 0 Å². The predicted molar refractivity (Wildman–Crippen MR) is 94.5 cm³/mol. The Labute approximate surface area is 149 Å². The van der Waals surface area contributed by atoms with E-state index in [2.05, 4.69) is 4.90 Å². The molecule has 1 aromatic rings. The summed E-state index contributed by atoms with van der Waals surface area (Å²) in [4.78, 5) is 14.0. The molecule has 1 aliphatic heterocycles. The first-order valence-electron chi connectivity index (χ1n) is 8.90. The van der Waals surface area contributed by atoms with Crippen LogP contribution < -0.4 is 4.74 Å². The number of methoxy groups -OCH3 is 1. The molecule has 1 aromatic carbocycles. The maximum atomic E-state index is 11.9. The van der Waals surface area contributed by atoms with Gasteiger partial charge in [-0.3, -0.25) is 9.69 Å². The highest BCUT2D eigenvalue weighted by molar-refractivity contribution is 5.72. The van der Waals surface area contributed by atoms with Gasteiger partial charge in [-0.15, -0.1) is 0 Å². The number of aliphatic hydroxyl groups is 1. The van der Waals surface area contributed by atoms with Crippen LogP contribution in [0.5, 0.6) is 5.75 Å². The number of hydrogen-bond donors (Lipinski definition) is 1. The molecule has 0 spiro atoms. The van der Waals surface area contributed by atoms with E-state index in [1.807, 2.05) is 31.2 Å². The third kappa shape index (κ3) is 6.30. The van der Waals surface area contributed by atoms with Crippen molar-refractivity contribution in [2.24, 2.45) is 5.92 Å². The van der Waals surface area contributed by atoms with Gasteiger partial charge in [0, 0.05) is 18.7 Å². The molecule has 1 N–H and O–H groups in total. The second kappa shape index (κ2) is 10.4. The number of piperidine rings is 1. The van der Waals surface area contributed by atoms with Crippen LogP contribution in [0.15, 0.2) is 24.3 Å². The average molecular weight is 351 g/mol. The quantitative estimate of drug-likeness (QED) is 0.685. The predicted octanol–water partition coefficient (Wildman–Crippen LogP) is 1.85. The van der Waals surface area contributed by atoms with Gasteiger partial charge in [0.15, 0.2) is 0 Å². The minimum absolute atomic E-state index is 0.0876. The molecule has 1 saturated heterocycles. The van der Waals surface area contributed by atoms with Crippen LogP contribution in [0, 0.1) is 5.92 Å². The molecule has 1 aliphatic rings. The number of aliphatic hydroxyl groups excluding tert-OH is 1. The summed E-state index contributed by atoms with van der Waals surface area (Å²) in [5.41, 5.74) is 0.956. The maximum absolute atomic E-state index is 11.9. The zero-order valence-electron chi connectivity index (χ0n) is 15.1. The lowest BCUT2D eigenvalue weighted by Crippen LogP contribution is -2.43. The molecule has 1 heterocycles. The Kier molecular flexibility index (Phi) is 8.18. The molecule has 6 heteroatoms. The van der Waals surface area contributed by atoms with Gasteiger partial charge in [0.1, 0.15) is 5.75 Å². The van der Waals surface area contributed by atoms with Gasteiger partial charge < -0.3 is 19.3 Å². The van der Waals surface area contributed by atoms with E-state index in [-0.39, 0.29) is 18.5 Å². The molecule has 0 aromatic heterocycles. The van der Waals surface area contributed by atoms with Gasteiger partial charge in [-0.2, -0.15) is 0 Å². The molecule has 25 heavy (non-hydrogen) atoms. The third-order valence-electron chi connectivity index (χ3n) is 4.35. The van der Waals surface area contributed by atoms with Crippen LogP contribution in [0.4, 0.5) is 0 Å². The van der Waals surface area contributed by atoms with Crippen LogP contribution >= 0.6 is 0 Å². The first-order valence-corrected chi connectivity index (χ1v) is 8.90. The largest absolute Gasteiger partial charge is 0.496 e. The lowest BCUT2D eigenvalue weighted by molar-refractivity contribution is -0.150. The Hall–Kier alpha value is -1.63. The number of likely N-dealkylation sites (tertiary alicyclic amines) is 1. The number of benzene rings is 1. The summed E-state index contributed by atoms with van der Waals surface area (Å²) in [6.45, 7) is 4.91. The van der Waals surface area contributed by atoms with Gasteiger partial charge in [0.25, 0.3) is 0 Å². The summed E-state index contributed by atoms with van der Waals surface area (Å²) < 4.78 is 16.0. The fraction of sp³-hybridized carbons (Fsp3) is 0.632. The summed E-state index contributed by atoms with van der Waals surface area (Å²) in [6, 6.07) is 7.67. The maximum Gasteiger partial charge on any atom is 0.310 e. The van der Waals surface area contributed by atoms with Crippen molar-refractivity contribution in [2.75, 3.05) is 40.0 Å². The zero-order valence-corrected chi connectivity index (χ0v) is 15.1. The van der Waals surface area contributed by atoms with Gasteiger partial charge in [0.2, 0.25) is 0 Å². The van der Waals surface area contributed by atoms with Crippen molar-refractivity contribution in [3.8, 4) is 5.75 Å². The number of β-amino-alcohol motifs (C(OH)–C–C–N with tert-alkyl or cyclic N) is 1. The summed E-state index contributed by atoms with van der Waals surface area (Å²) in [6.07, 6.45) is 1.21. The molecule has 0 aliphatic carbocycles. The average Bonchev–Trinajstić information content (AvgIpc) is 2.62. The molecule has 2 rings (SSSR count). The van der Waals surface area contributed by atoms with E-state index in [4.69, 9.17) is 14.2 Å². The molecule has 0 saturated carbocycles. The second-order valence-electron chi connectivity index (χ2n) is 6.33. The Morgan fingerprint density at radius 1 is 1.40 bits per heavy atom. The van der Waals surface area contributed by atoms with Crippen molar-refractivity contribution < 1.29 is 24.1 Å². The van der Waals surface area contributed by atoms with Crippen molar-refractivity contribution in [3.63, 3.8) is 0 Å². The lowest BCUT2D eigenvalue weighted by Gasteiger charge is -2.32. The number of carbonyl (C=O) groups is 1. The zero-order chi connectivity index (χ0) is 18.1. The van der Waals surface area contributed by atoms with E-state index in [9.17, 15) is 9.90 Å². The van der Waals surface area contributed by atoms with E-state index in [1.54, 1.807) is 7.11 Å². The van der Waals surface area contributed by atoms with Crippen molar-refractivity contribution in [3.05, 3.63) is 29.8 Å². The Morgan fingerprint density at radius 3 is 2.96 bits per heavy atom. The monoisotopic (exact) mass is 351 g/mol. The number of para-hydroxylation sites is 1. The smallest absolute Gasteiger partial charge is 0.310 e. The highest BCUT2D eigenvalue weighted by Crippen LogP contribution is 2.19. The number of esters is 1. The first-order chi connectivity index (χ1) is 12.1. The summed E-state index contributed by atoms with van der Waals surface area (Å²) in [5.74, 6) is 0.565. The van der Waals surface area contributed by atoms with Gasteiger partial charge in [-0.05, 0) is 32.4 Å². The van der Waals surface area contributed by atoms with E-state index in [0.717, 1.165) is 30.7 Å². The fourth-order valence-corrected chi connectivity index (χ4v) is 3.15. The summed E-state index contributed by atoms with van der Waals surface area (Å²) in [7, 11) is 1.63. The molecule has 1 fully saturated rings. The highest BCUT2D eigenvalue weighted by atomic mass is 16.5. The van der Waals surface area contributed by atoms with Crippen LogP contribution in [0.3, 0.4) is 0 Å². The first kappa shape index (κ1) is 19.7. The van der Waals surface area contributed by atoms with Crippen LogP contribution in [-0.4, -0.2) is 62.0 Å². The molecule has 0 amide bonds. The van der Waals surface area contributed by atoms with Crippen molar-refractivity contribution in [1.29, 1.82) is 0 Å². The topological polar surface area (TPSA) is 68.2 Å². The molecule has 0 unspecified atom stereocenters. The van der Waals surface area contributed by atoms with Gasteiger partial charge >= 0.3 is 5.97 Å². The molecule has 0 radical (unpaired) electrons. The molecular weight excluding hydrogens is 322 g/mol. The van der Waals surface area contributed by atoms with Crippen LogP contribution in [-0.2, 0) is 20.9 Å². The SMILES string of the molecule is CCOC(=O)[C@H]1CCCN(C[C@H](O)COCc2ccccc2OC)C1. The van der Waals surface area contributed by atoms with Crippen LogP contribution in [0.2, 0.25) is 0 Å². The van der Waals surface area contributed by atoms with Crippen LogP contribution in [0.25, 0.3) is 0 Å². The number of rotatable bonds is 9. The lowest BCUT2D eigenvalue weighted by atomic mass is 9.98. The van der Waals surface area contributed by atoms with E-state index >= 15 is 0 Å².